The molecule has 17 heavy (non-hydrogen) atoms. The predicted octanol–water partition coefficient (Wildman–Crippen LogP) is -0.490. The molecule has 0 saturated carbocycles. The summed E-state index contributed by atoms with van der Waals surface area (Å²) in [6.45, 7) is 1.72. The second-order valence-electron chi connectivity index (χ2n) is 2.70. The van der Waals surface area contributed by atoms with Crippen molar-refractivity contribution in [1.82, 2.24) is 21.5 Å². The number of nitrogens with zero attached hydrogens (tertiary/aromatic N) is 2. The third kappa shape index (κ3) is 6.64. The minimum absolute atomic E-state index is 0.300. The van der Waals surface area contributed by atoms with E-state index in [1.54, 1.807) is 21.0 Å². The molecule has 0 aromatic rings. The first-order valence-electron chi connectivity index (χ1n) is 4.67. The monoisotopic (exact) mass is 276 g/mol. The molecule has 96 valence electrons. The molecule has 0 saturated heterocycles. The maximum Gasteiger partial charge on any atom is 0.254 e. The summed E-state index contributed by atoms with van der Waals surface area (Å²) in [6, 6.07) is 0. The fraction of sp³-hybridized carbons (Fsp3) is 0.500. The van der Waals surface area contributed by atoms with Gasteiger partial charge in [0.15, 0.2) is 10.2 Å². The molecule has 4 N–H and O–H groups in total. The molecular formula is C8H16N6OS2. The van der Waals surface area contributed by atoms with Crippen LogP contribution in [-0.4, -0.2) is 43.0 Å². The number of methoxy groups -OCH3 is 1. The molecule has 0 aliphatic rings. The summed E-state index contributed by atoms with van der Waals surface area (Å²) in [5, 5.41) is 14.1. The predicted molar refractivity (Wildman–Crippen MR) is 77.1 cm³/mol. The zero-order chi connectivity index (χ0) is 13.3. The second kappa shape index (κ2) is 8.65. The van der Waals surface area contributed by atoms with Crippen LogP contribution in [0.15, 0.2) is 10.2 Å². The van der Waals surface area contributed by atoms with Gasteiger partial charge in [0.25, 0.3) is 5.90 Å². The molecule has 0 heterocycles. The van der Waals surface area contributed by atoms with E-state index in [0.717, 1.165) is 0 Å². The van der Waals surface area contributed by atoms with Crippen LogP contribution in [0.4, 0.5) is 0 Å². The molecule has 0 spiro atoms. The van der Waals surface area contributed by atoms with Gasteiger partial charge in [-0.2, -0.15) is 5.10 Å². The third-order valence-electron chi connectivity index (χ3n) is 1.54. The topological polar surface area (TPSA) is 82.1 Å². The van der Waals surface area contributed by atoms with E-state index in [1.165, 1.54) is 7.11 Å². The minimum atomic E-state index is 0.300. The highest BCUT2D eigenvalue weighted by Crippen LogP contribution is 1.85. The van der Waals surface area contributed by atoms with E-state index in [2.05, 4.69) is 31.7 Å². The van der Waals surface area contributed by atoms with Gasteiger partial charge in [-0.3, -0.25) is 10.9 Å². The Morgan fingerprint density at radius 2 is 1.47 bits per heavy atom. The van der Waals surface area contributed by atoms with Crippen LogP contribution in [0.5, 0.6) is 0 Å². The van der Waals surface area contributed by atoms with Crippen molar-refractivity contribution in [3.8, 4) is 0 Å². The van der Waals surface area contributed by atoms with Crippen molar-refractivity contribution in [2.45, 2.75) is 6.92 Å². The van der Waals surface area contributed by atoms with Crippen LogP contribution in [0.25, 0.3) is 0 Å². The SMILES string of the molecule is CNC(=S)NN=C(C)C(=NNC(=S)NC)OC. The van der Waals surface area contributed by atoms with E-state index < -0.39 is 0 Å². The van der Waals surface area contributed by atoms with Crippen LogP contribution in [0, 0.1) is 0 Å². The first-order chi connectivity index (χ1) is 8.04. The van der Waals surface area contributed by atoms with E-state index in [9.17, 15) is 0 Å². The largest absolute Gasteiger partial charge is 0.479 e. The molecular weight excluding hydrogens is 260 g/mol. The van der Waals surface area contributed by atoms with E-state index in [4.69, 9.17) is 29.2 Å². The average molecular weight is 276 g/mol. The summed E-state index contributed by atoms with van der Waals surface area (Å²) in [6.07, 6.45) is 0. The number of ether oxygens (including phenoxy) is 1. The van der Waals surface area contributed by atoms with Crippen LogP contribution >= 0.6 is 24.4 Å². The Bertz CT molecular complexity index is 341. The number of hydrogen-bond donors (Lipinski definition) is 4. The number of hydrogen-bond acceptors (Lipinski definition) is 5. The molecule has 0 unspecified atom stereocenters. The zero-order valence-electron chi connectivity index (χ0n) is 10.1. The normalized spacial score (nSPS) is 11.5. The fourth-order valence-electron chi connectivity index (χ4n) is 0.670. The number of thiocarbonyl (C=S) groups is 2. The highest BCUT2D eigenvalue weighted by atomic mass is 32.1. The summed E-state index contributed by atoms with van der Waals surface area (Å²) in [5.41, 5.74) is 5.74. The Morgan fingerprint density at radius 3 is 1.88 bits per heavy atom. The fourth-order valence-corrected chi connectivity index (χ4v) is 0.761. The summed E-state index contributed by atoms with van der Waals surface area (Å²) >= 11 is 9.73. The Morgan fingerprint density at radius 1 is 1.00 bits per heavy atom. The van der Waals surface area contributed by atoms with Gasteiger partial charge in [-0.15, -0.1) is 5.10 Å². The zero-order valence-corrected chi connectivity index (χ0v) is 11.8. The lowest BCUT2D eigenvalue weighted by Crippen LogP contribution is -2.32. The van der Waals surface area contributed by atoms with Crippen LogP contribution in [0.2, 0.25) is 0 Å². The lowest BCUT2D eigenvalue weighted by Gasteiger charge is -2.07. The Hall–Kier alpha value is -1.48. The molecule has 0 bridgehead atoms. The van der Waals surface area contributed by atoms with Gasteiger partial charge in [-0.25, -0.2) is 0 Å². The maximum atomic E-state index is 5.04. The smallest absolute Gasteiger partial charge is 0.254 e. The highest BCUT2D eigenvalue weighted by Gasteiger charge is 2.04. The van der Waals surface area contributed by atoms with E-state index >= 15 is 0 Å². The van der Waals surface area contributed by atoms with E-state index in [-0.39, 0.29) is 0 Å². The molecule has 0 rings (SSSR count). The van der Waals surface area contributed by atoms with Gasteiger partial charge in [0.2, 0.25) is 0 Å². The molecule has 0 aliphatic carbocycles. The van der Waals surface area contributed by atoms with Gasteiger partial charge < -0.3 is 15.4 Å². The van der Waals surface area contributed by atoms with Crippen LogP contribution in [-0.2, 0) is 4.74 Å². The molecule has 0 atom stereocenters. The molecule has 0 aliphatic heterocycles. The van der Waals surface area contributed by atoms with Crippen molar-refractivity contribution in [2.24, 2.45) is 10.2 Å². The Labute approximate surface area is 111 Å². The Kier molecular flexibility index (Phi) is 7.89. The summed E-state index contributed by atoms with van der Waals surface area (Å²) in [4.78, 5) is 0. The standard InChI is InChI=1S/C8H16N6OS2/c1-5(11-13-7(16)9-2)6(15-4)12-14-8(17)10-3/h1-4H3,(H2,9,13,16)(H2,10,14,17). The van der Waals surface area contributed by atoms with Crippen molar-refractivity contribution in [3.63, 3.8) is 0 Å². The minimum Gasteiger partial charge on any atom is -0.479 e. The molecule has 0 aromatic heterocycles. The molecule has 0 aromatic carbocycles. The van der Waals surface area contributed by atoms with Gasteiger partial charge in [0, 0.05) is 14.1 Å². The van der Waals surface area contributed by atoms with Crippen LogP contribution < -0.4 is 21.5 Å². The van der Waals surface area contributed by atoms with Crippen LogP contribution in [0.1, 0.15) is 6.92 Å². The summed E-state index contributed by atoms with van der Waals surface area (Å²) < 4.78 is 5.04. The van der Waals surface area contributed by atoms with Gasteiger partial charge in [-0.1, -0.05) is 0 Å². The lowest BCUT2D eigenvalue weighted by atomic mass is 10.4. The number of rotatable bonds is 3. The van der Waals surface area contributed by atoms with Crippen molar-refractivity contribution in [3.05, 3.63) is 0 Å². The maximum absolute atomic E-state index is 5.04. The first kappa shape index (κ1) is 15.5. The molecule has 9 heteroatoms. The van der Waals surface area contributed by atoms with Gasteiger partial charge in [-0.05, 0) is 31.4 Å². The molecule has 0 fully saturated rings. The highest BCUT2D eigenvalue weighted by molar-refractivity contribution is 7.80. The third-order valence-corrected chi connectivity index (χ3v) is 2.13. The van der Waals surface area contributed by atoms with Crippen molar-refractivity contribution in [2.75, 3.05) is 21.2 Å². The van der Waals surface area contributed by atoms with Gasteiger partial charge in [0.05, 0.1) is 7.11 Å². The van der Waals surface area contributed by atoms with Gasteiger partial charge >= 0.3 is 0 Å². The Balaban J connectivity index is 4.53. The quantitative estimate of drug-likeness (QED) is 0.240. The van der Waals surface area contributed by atoms with Crippen molar-refractivity contribution < 1.29 is 4.74 Å². The molecule has 0 radical (unpaired) electrons. The van der Waals surface area contributed by atoms with E-state index in [1.807, 2.05) is 0 Å². The van der Waals surface area contributed by atoms with Crippen molar-refractivity contribution >= 4 is 46.3 Å². The lowest BCUT2D eigenvalue weighted by molar-refractivity contribution is 0.407. The summed E-state index contributed by atoms with van der Waals surface area (Å²) in [5.74, 6) is 0.300. The second-order valence-corrected chi connectivity index (χ2v) is 3.52. The average Bonchev–Trinajstić information content (AvgIpc) is 2.35. The van der Waals surface area contributed by atoms with Crippen LogP contribution in [0.3, 0.4) is 0 Å². The van der Waals surface area contributed by atoms with E-state index in [0.29, 0.717) is 21.8 Å². The van der Waals surface area contributed by atoms with Gasteiger partial charge in [0.1, 0.15) is 5.71 Å². The number of nitrogens with one attached hydrogen (secondary N) is 4. The van der Waals surface area contributed by atoms with Crippen molar-refractivity contribution in [1.29, 1.82) is 0 Å². The summed E-state index contributed by atoms with van der Waals surface area (Å²) in [7, 11) is 4.86. The molecule has 0 amide bonds. The first-order valence-corrected chi connectivity index (χ1v) is 5.48. The molecule has 7 nitrogen and oxygen atoms in total. The number of hydrazone groups is 2.